The number of halogens is 1. The summed E-state index contributed by atoms with van der Waals surface area (Å²) in [6, 6.07) is 46.8. The van der Waals surface area contributed by atoms with Crippen molar-refractivity contribution in [1.82, 2.24) is 19.8 Å². The van der Waals surface area contributed by atoms with Crippen LogP contribution in [0.5, 0.6) is 0 Å². The highest BCUT2D eigenvalue weighted by atomic mass is 79.9. The maximum atomic E-state index is 8.54. The Kier molecular flexibility index (Phi) is 13.9. The van der Waals surface area contributed by atoms with E-state index >= 15 is 0 Å². The lowest BCUT2D eigenvalue weighted by Gasteiger charge is -2.46. The third-order valence-electron chi connectivity index (χ3n) is 15.4. The molecule has 6 aliphatic rings. The van der Waals surface area contributed by atoms with Crippen LogP contribution in [-0.4, -0.2) is 73.2 Å². The summed E-state index contributed by atoms with van der Waals surface area (Å²) in [5.41, 5.74) is 10.9. The molecule has 0 saturated carbocycles. The standard InChI is InChI=1S/C29H27N3OS.C24H23BrN2OS.C5H6BNO2/c1-2-6-28-26(5-1)32(27-10-7-21(14-29(27)34-28)22-4-3-12-30-17-22)25-15-23-8-9-24(16-25)31(23)18-20-11-13-33-19-20;25-17-5-8-22-24(11-17)29-23-4-2-1-3-21(23)27(22)20-12-18-6-7-19(13-20)26(18)14-16-9-10-28-15-16;8-6(9)5-2-1-3-7-4-5/h1-7,10-14,17,19,23-25H,8-9,15-16,18H2;1-5,8-11,15,18-20H,6-7,12-14H2;1-4,8-9H. The highest BCUT2D eigenvalue weighted by Crippen LogP contribution is 2.54. The van der Waals surface area contributed by atoms with Gasteiger partial charge in [0.15, 0.2) is 0 Å². The minimum absolute atomic E-state index is 0.414. The number of pyridine rings is 2. The number of fused-ring (bicyclic) bond motifs is 8. The van der Waals surface area contributed by atoms with Crippen molar-refractivity contribution in [2.75, 3.05) is 9.80 Å². The molecular weight excluding hydrogens is 1000 g/mol. The van der Waals surface area contributed by atoms with Gasteiger partial charge in [-0.1, -0.05) is 81.9 Å². The molecule has 4 aromatic carbocycles. The van der Waals surface area contributed by atoms with Crippen molar-refractivity contribution in [1.29, 1.82) is 0 Å². The van der Waals surface area contributed by atoms with E-state index < -0.39 is 7.12 Å². The molecule has 364 valence electrons. The van der Waals surface area contributed by atoms with Gasteiger partial charge in [0.2, 0.25) is 0 Å². The number of furan rings is 2. The Morgan fingerprint density at radius 3 is 1.49 bits per heavy atom. The van der Waals surface area contributed by atoms with Crippen molar-refractivity contribution in [3.8, 4) is 11.1 Å². The Labute approximate surface area is 438 Å². The van der Waals surface area contributed by atoms with E-state index in [4.69, 9.17) is 18.9 Å². The molecule has 4 bridgehead atoms. The summed E-state index contributed by atoms with van der Waals surface area (Å²) in [5.74, 6) is 0. The Bertz CT molecular complexity index is 3070. The average molecular weight is 1060 g/mol. The number of hydrogen-bond donors (Lipinski definition) is 2. The number of rotatable bonds is 8. The average Bonchev–Trinajstić information content (AvgIpc) is 4.23. The predicted molar refractivity (Wildman–Crippen MR) is 291 cm³/mol. The van der Waals surface area contributed by atoms with Crippen LogP contribution < -0.4 is 15.3 Å². The highest BCUT2D eigenvalue weighted by Gasteiger charge is 2.45. The largest absolute Gasteiger partial charge is 0.490 e. The molecule has 72 heavy (non-hydrogen) atoms. The van der Waals surface area contributed by atoms with Gasteiger partial charge in [-0.2, -0.15) is 0 Å². The number of aromatic nitrogens is 2. The lowest BCUT2D eigenvalue weighted by molar-refractivity contribution is 0.119. The van der Waals surface area contributed by atoms with E-state index in [-0.39, 0.29) is 0 Å². The zero-order chi connectivity index (χ0) is 48.5. The van der Waals surface area contributed by atoms with Crippen LogP contribution in [0.2, 0.25) is 0 Å². The zero-order valence-corrected chi connectivity index (χ0v) is 43.1. The lowest BCUT2D eigenvalue weighted by atomic mass is 9.82. The Balaban J connectivity index is 0.000000127. The summed E-state index contributed by atoms with van der Waals surface area (Å²) < 4.78 is 11.8. The van der Waals surface area contributed by atoms with E-state index in [0.717, 1.165) is 17.6 Å². The number of nitrogens with zero attached hydrogens (tertiary/aromatic N) is 6. The molecule has 0 radical (unpaired) electrons. The SMILES string of the molecule is Brc1ccc2c(c1)Sc1ccccc1N2C1CC2CCC(C1)N2Cc1ccoc1.OB(O)c1cccnc1.c1cncc(-c2ccc3c(c2)Sc2ccccc2N3C2CC3CCC(C2)N3Cc2ccoc2)c1. The predicted octanol–water partition coefficient (Wildman–Crippen LogP) is 12.7. The fourth-order valence-electron chi connectivity index (χ4n) is 12.2. The summed E-state index contributed by atoms with van der Waals surface area (Å²) in [7, 11) is -1.40. The van der Waals surface area contributed by atoms with Crippen molar-refractivity contribution in [2.45, 2.75) is 120 Å². The molecule has 4 fully saturated rings. The van der Waals surface area contributed by atoms with E-state index in [2.05, 4.69) is 149 Å². The molecule has 10 nitrogen and oxygen atoms in total. The zero-order valence-electron chi connectivity index (χ0n) is 39.9. The molecular formula is C58H56BBrN6O4S2. The van der Waals surface area contributed by atoms with Gasteiger partial charge in [-0.3, -0.25) is 19.8 Å². The van der Waals surface area contributed by atoms with Crippen LogP contribution in [0.4, 0.5) is 22.7 Å². The monoisotopic (exact) mass is 1050 g/mol. The van der Waals surface area contributed by atoms with Crippen LogP contribution in [0.25, 0.3) is 11.1 Å². The molecule has 10 heterocycles. The summed E-state index contributed by atoms with van der Waals surface area (Å²) in [6.07, 6.45) is 24.3. The van der Waals surface area contributed by atoms with E-state index in [1.54, 1.807) is 30.9 Å². The maximum Gasteiger partial charge on any atom is 0.490 e. The Morgan fingerprint density at radius 1 is 0.514 bits per heavy atom. The first-order chi connectivity index (χ1) is 35.4. The van der Waals surface area contributed by atoms with Gasteiger partial charge in [-0.25, -0.2) is 0 Å². The van der Waals surface area contributed by atoms with Gasteiger partial charge >= 0.3 is 7.12 Å². The van der Waals surface area contributed by atoms with Gasteiger partial charge < -0.3 is 28.7 Å². The first-order valence-electron chi connectivity index (χ1n) is 25.2. The first-order valence-corrected chi connectivity index (χ1v) is 27.6. The number of piperidine rings is 2. The van der Waals surface area contributed by atoms with Crippen LogP contribution in [0.3, 0.4) is 0 Å². The number of anilines is 4. The van der Waals surface area contributed by atoms with Gasteiger partial charge in [-0.15, -0.1) is 0 Å². The number of benzene rings is 4. The quantitative estimate of drug-likeness (QED) is 0.142. The normalized spacial score (nSPS) is 22.6. The second-order valence-corrected chi connectivity index (χ2v) is 22.8. The topological polar surface area (TPSA) is 105 Å². The van der Waals surface area contributed by atoms with Gasteiger partial charge in [0.25, 0.3) is 0 Å². The van der Waals surface area contributed by atoms with Crippen LogP contribution in [-0.2, 0) is 13.1 Å². The second kappa shape index (κ2) is 21.1. The molecule has 0 amide bonds. The minimum atomic E-state index is -1.40. The van der Waals surface area contributed by atoms with Gasteiger partial charge in [0.1, 0.15) is 0 Å². The van der Waals surface area contributed by atoms with E-state index in [1.807, 2.05) is 54.5 Å². The molecule has 14 heteroatoms. The Morgan fingerprint density at radius 2 is 1.01 bits per heavy atom. The number of hydrogen-bond acceptors (Lipinski definition) is 12. The highest BCUT2D eigenvalue weighted by molar-refractivity contribution is 9.10. The molecule has 14 rings (SSSR count). The van der Waals surface area contributed by atoms with Crippen LogP contribution >= 0.6 is 39.5 Å². The van der Waals surface area contributed by atoms with Crippen molar-refractivity contribution in [3.63, 3.8) is 0 Å². The molecule has 2 N–H and O–H groups in total. The summed E-state index contributed by atoms with van der Waals surface area (Å²) in [6.45, 7) is 2.03. The second-order valence-electron chi connectivity index (χ2n) is 19.7. The number of para-hydroxylation sites is 2. The van der Waals surface area contributed by atoms with Gasteiger partial charge in [0, 0.05) is 120 Å². The van der Waals surface area contributed by atoms with Crippen molar-refractivity contribution >= 4 is 74.8 Å². The molecule has 4 aromatic heterocycles. The third-order valence-corrected chi connectivity index (χ3v) is 18.1. The van der Waals surface area contributed by atoms with E-state index in [9.17, 15) is 0 Å². The summed E-state index contributed by atoms with van der Waals surface area (Å²) in [4.78, 5) is 24.2. The molecule has 4 saturated heterocycles. The smallest absolute Gasteiger partial charge is 0.472 e. The van der Waals surface area contributed by atoms with Crippen LogP contribution in [0.1, 0.15) is 62.5 Å². The molecule has 8 aromatic rings. The molecule has 0 spiro atoms. The van der Waals surface area contributed by atoms with Gasteiger partial charge in [-0.05, 0) is 136 Å². The summed E-state index contributed by atoms with van der Waals surface area (Å²) in [5, 5.41) is 17.1. The molecule has 0 aliphatic carbocycles. The fraction of sp³-hybridized carbons (Fsp3) is 0.276. The van der Waals surface area contributed by atoms with Crippen molar-refractivity contribution < 1.29 is 18.9 Å². The third kappa shape index (κ3) is 9.82. The van der Waals surface area contributed by atoms with E-state index in [0.29, 0.717) is 41.7 Å². The van der Waals surface area contributed by atoms with Crippen LogP contribution in [0, 0.1) is 0 Å². The molecule has 6 aliphatic heterocycles. The van der Waals surface area contributed by atoms with Crippen LogP contribution in [0.15, 0.2) is 204 Å². The molecule has 4 unspecified atom stereocenters. The Hall–Kier alpha value is -5.58. The lowest BCUT2D eigenvalue weighted by Crippen LogP contribution is -2.49. The maximum absolute atomic E-state index is 8.54. The first kappa shape index (κ1) is 47.4. The van der Waals surface area contributed by atoms with Crippen molar-refractivity contribution in [3.05, 3.63) is 187 Å². The summed E-state index contributed by atoms with van der Waals surface area (Å²) >= 11 is 7.45. The van der Waals surface area contributed by atoms with Crippen molar-refractivity contribution in [2.24, 2.45) is 0 Å². The van der Waals surface area contributed by atoms with E-state index in [1.165, 1.54) is 122 Å². The fourth-order valence-corrected chi connectivity index (χ4v) is 14.9. The van der Waals surface area contributed by atoms with Gasteiger partial charge in [0.05, 0.1) is 47.8 Å². The minimum Gasteiger partial charge on any atom is -0.472 e. The molecule has 4 atom stereocenters.